The number of nitrogens with zero attached hydrogens (tertiary/aromatic N) is 2. The highest BCUT2D eigenvalue weighted by molar-refractivity contribution is 7.92. The average Bonchev–Trinajstić information content (AvgIpc) is 2.83. The third-order valence-corrected chi connectivity index (χ3v) is 5.27. The summed E-state index contributed by atoms with van der Waals surface area (Å²) in [6.45, 7) is 3.99. The van der Waals surface area contributed by atoms with Gasteiger partial charge >= 0.3 is 0 Å². The smallest absolute Gasteiger partial charge is 0.261 e. The van der Waals surface area contributed by atoms with E-state index in [1.165, 1.54) is 17.2 Å². The highest BCUT2D eigenvalue weighted by Crippen LogP contribution is 2.30. The number of rotatable bonds is 5. The summed E-state index contributed by atoms with van der Waals surface area (Å²) in [5, 5.41) is 3.14. The molecule has 0 unspecified atom stereocenters. The van der Waals surface area contributed by atoms with E-state index in [9.17, 15) is 13.2 Å². The molecule has 0 saturated carbocycles. The first-order chi connectivity index (χ1) is 11.8. The molecule has 1 amide bonds. The van der Waals surface area contributed by atoms with Crippen LogP contribution in [0.4, 0.5) is 17.2 Å². The van der Waals surface area contributed by atoms with E-state index in [4.69, 9.17) is 0 Å². The lowest BCUT2D eigenvalue weighted by atomic mass is 10.2. The van der Waals surface area contributed by atoms with Crippen molar-refractivity contribution in [3.05, 3.63) is 42.1 Å². The maximum absolute atomic E-state index is 12.6. The number of aromatic nitrogens is 1. The SMILES string of the molecule is CC(C)Nc1ccc(NS(=O)(=O)c2ccc3c(c2)CC(=O)N3C)cn1. The molecule has 1 aromatic carbocycles. The molecule has 7 nitrogen and oxygen atoms in total. The number of sulfonamides is 1. The number of hydrogen-bond acceptors (Lipinski definition) is 5. The maximum atomic E-state index is 12.6. The van der Waals surface area contributed by atoms with Gasteiger partial charge in [-0.25, -0.2) is 13.4 Å². The van der Waals surface area contributed by atoms with Crippen LogP contribution < -0.4 is 14.9 Å². The minimum Gasteiger partial charge on any atom is -0.368 e. The predicted molar refractivity (Wildman–Crippen MR) is 97.4 cm³/mol. The van der Waals surface area contributed by atoms with Crippen LogP contribution in [-0.4, -0.2) is 32.4 Å². The Kier molecular flexibility index (Phi) is 4.38. The van der Waals surface area contributed by atoms with Crippen molar-refractivity contribution in [1.82, 2.24) is 4.98 Å². The average molecular weight is 360 g/mol. The zero-order valence-corrected chi connectivity index (χ0v) is 15.1. The summed E-state index contributed by atoms with van der Waals surface area (Å²) in [7, 11) is -2.07. The fourth-order valence-corrected chi connectivity index (χ4v) is 3.76. The molecule has 2 heterocycles. The van der Waals surface area contributed by atoms with Crippen LogP contribution in [-0.2, 0) is 21.2 Å². The summed E-state index contributed by atoms with van der Waals surface area (Å²) in [4.78, 5) is 17.6. The lowest BCUT2D eigenvalue weighted by molar-refractivity contribution is -0.117. The van der Waals surface area contributed by atoms with Gasteiger partial charge in [-0.3, -0.25) is 9.52 Å². The molecular weight excluding hydrogens is 340 g/mol. The standard InChI is InChI=1S/C17H20N4O3S/c1-11(2)19-16-7-4-13(10-18-16)20-25(23,24)14-5-6-15-12(8-14)9-17(22)21(15)3/h4-8,10-11,20H,9H2,1-3H3,(H,18,19). The first-order valence-corrected chi connectivity index (χ1v) is 9.39. The normalized spacial score (nSPS) is 13.9. The molecule has 0 fully saturated rings. The second-order valence-electron chi connectivity index (χ2n) is 6.26. The quantitative estimate of drug-likeness (QED) is 0.853. The Hall–Kier alpha value is -2.61. The molecule has 0 spiro atoms. The Labute approximate surface area is 147 Å². The number of benzene rings is 1. The second kappa shape index (κ2) is 6.36. The molecule has 1 aromatic heterocycles. The molecule has 0 saturated heterocycles. The first kappa shape index (κ1) is 17.2. The van der Waals surface area contributed by atoms with Gasteiger partial charge in [-0.2, -0.15) is 0 Å². The van der Waals surface area contributed by atoms with Crippen LogP contribution in [0.1, 0.15) is 19.4 Å². The third-order valence-electron chi connectivity index (χ3n) is 3.89. The second-order valence-corrected chi connectivity index (χ2v) is 7.94. The molecular formula is C17H20N4O3S. The van der Waals surface area contributed by atoms with E-state index in [1.54, 1.807) is 31.3 Å². The van der Waals surface area contributed by atoms with Crippen molar-refractivity contribution < 1.29 is 13.2 Å². The van der Waals surface area contributed by atoms with Gasteiger partial charge < -0.3 is 10.2 Å². The van der Waals surface area contributed by atoms with Crippen molar-refractivity contribution in [2.75, 3.05) is 22.0 Å². The topological polar surface area (TPSA) is 91.4 Å². The highest BCUT2D eigenvalue weighted by Gasteiger charge is 2.26. The van der Waals surface area contributed by atoms with Gasteiger partial charge in [0, 0.05) is 18.8 Å². The fourth-order valence-electron chi connectivity index (χ4n) is 2.66. The van der Waals surface area contributed by atoms with Gasteiger partial charge in [0.1, 0.15) is 5.82 Å². The Morgan fingerprint density at radius 3 is 2.60 bits per heavy atom. The maximum Gasteiger partial charge on any atom is 0.261 e. The van der Waals surface area contributed by atoms with Crippen LogP contribution in [0.5, 0.6) is 0 Å². The molecule has 0 atom stereocenters. The molecule has 8 heteroatoms. The molecule has 0 radical (unpaired) electrons. The summed E-state index contributed by atoms with van der Waals surface area (Å²) in [5.74, 6) is 0.631. The minimum atomic E-state index is -3.75. The van der Waals surface area contributed by atoms with Crippen molar-refractivity contribution in [2.45, 2.75) is 31.2 Å². The molecule has 1 aliphatic rings. The van der Waals surface area contributed by atoms with Gasteiger partial charge in [-0.05, 0) is 49.7 Å². The van der Waals surface area contributed by atoms with Crippen LogP contribution in [0, 0.1) is 0 Å². The molecule has 2 N–H and O–H groups in total. The summed E-state index contributed by atoms with van der Waals surface area (Å²) >= 11 is 0. The fraction of sp³-hybridized carbons (Fsp3) is 0.294. The van der Waals surface area contributed by atoms with Gasteiger partial charge in [-0.1, -0.05) is 0 Å². The summed E-state index contributed by atoms with van der Waals surface area (Å²) in [5.41, 5.74) is 1.84. The van der Waals surface area contributed by atoms with Gasteiger partial charge in [0.05, 0.1) is 23.2 Å². The van der Waals surface area contributed by atoms with E-state index in [0.29, 0.717) is 17.1 Å². The number of carbonyl (C=O) groups excluding carboxylic acids is 1. The van der Waals surface area contributed by atoms with Crippen LogP contribution in [0.15, 0.2) is 41.4 Å². The number of carbonyl (C=O) groups is 1. The molecule has 0 aliphatic carbocycles. The van der Waals surface area contributed by atoms with Crippen LogP contribution in [0.25, 0.3) is 0 Å². The van der Waals surface area contributed by atoms with E-state index < -0.39 is 10.0 Å². The number of hydrogen-bond donors (Lipinski definition) is 2. The van der Waals surface area contributed by atoms with Gasteiger partial charge in [0.25, 0.3) is 10.0 Å². The Balaban J connectivity index is 1.81. The number of pyridine rings is 1. The van der Waals surface area contributed by atoms with Gasteiger partial charge in [-0.15, -0.1) is 0 Å². The van der Waals surface area contributed by atoms with E-state index in [2.05, 4.69) is 15.0 Å². The molecule has 1 aliphatic heterocycles. The number of nitrogens with one attached hydrogen (secondary N) is 2. The molecule has 2 aromatic rings. The van der Waals surface area contributed by atoms with Crippen molar-refractivity contribution in [1.29, 1.82) is 0 Å². The van der Waals surface area contributed by atoms with Crippen LogP contribution >= 0.6 is 0 Å². The lowest BCUT2D eigenvalue weighted by Gasteiger charge is -2.12. The van der Waals surface area contributed by atoms with Crippen molar-refractivity contribution in [2.24, 2.45) is 0 Å². The van der Waals surface area contributed by atoms with E-state index in [0.717, 1.165) is 5.69 Å². The minimum absolute atomic E-state index is 0.0463. The zero-order valence-electron chi connectivity index (χ0n) is 14.3. The number of amides is 1. The third kappa shape index (κ3) is 3.58. The first-order valence-electron chi connectivity index (χ1n) is 7.91. The molecule has 132 valence electrons. The van der Waals surface area contributed by atoms with Gasteiger partial charge in [0.2, 0.25) is 5.91 Å². The van der Waals surface area contributed by atoms with Gasteiger partial charge in [0.15, 0.2) is 0 Å². The largest absolute Gasteiger partial charge is 0.368 e. The van der Waals surface area contributed by atoms with Crippen LogP contribution in [0.2, 0.25) is 0 Å². The number of anilines is 3. The van der Waals surface area contributed by atoms with Crippen molar-refractivity contribution in [3.63, 3.8) is 0 Å². The van der Waals surface area contributed by atoms with E-state index in [-0.39, 0.29) is 23.3 Å². The molecule has 0 bridgehead atoms. The summed E-state index contributed by atoms with van der Waals surface area (Å²) in [6.07, 6.45) is 1.68. The number of likely N-dealkylation sites (N-methyl/N-ethyl adjacent to an activating group) is 1. The van der Waals surface area contributed by atoms with Crippen LogP contribution in [0.3, 0.4) is 0 Å². The molecule has 3 rings (SSSR count). The zero-order chi connectivity index (χ0) is 18.2. The Morgan fingerprint density at radius 2 is 1.96 bits per heavy atom. The van der Waals surface area contributed by atoms with E-state index >= 15 is 0 Å². The summed E-state index contributed by atoms with van der Waals surface area (Å²) < 4.78 is 27.7. The predicted octanol–water partition coefficient (Wildman–Crippen LogP) is 2.22. The lowest BCUT2D eigenvalue weighted by Crippen LogP contribution is -2.20. The Bertz CT molecular complexity index is 908. The Morgan fingerprint density at radius 1 is 1.20 bits per heavy atom. The highest BCUT2D eigenvalue weighted by atomic mass is 32.2. The molecule has 25 heavy (non-hydrogen) atoms. The monoisotopic (exact) mass is 360 g/mol. The van der Waals surface area contributed by atoms with E-state index in [1.807, 2.05) is 13.8 Å². The summed E-state index contributed by atoms with van der Waals surface area (Å²) in [6, 6.07) is 8.30. The van der Waals surface area contributed by atoms with Crippen molar-refractivity contribution >= 4 is 33.1 Å². The van der Waals surface area contributed by atoms with Crippen molar-refractivity contribution in [3.8, 4) is 0 Å². The number of fused-ring (bicyclic) bond motifs is 1.